The Morgan fingerprint density at radius 1 is 1.22 bits per heavy atom. The van der Waals surface area contributed by atoms with Gasteiger partial charge in [0.05, 0.1) is 6.61 Å². The molecule has 0 saturated carbocycles. The molecule has 23 heavy (non-hydrogen) atoms. The highest BCUT2D eigenvalue weighted by Gasteiger charge is 2.26. The van der Waals surface area contributed by atoms with Crippen LogP contribution in [0.5, 0.6) is 0 Å². The molecule has 2 heterocycles. The fourth-order valence-corrected chi connectivity index (χ4v) is 3.75. The van der Waals surface area contributed by atoms with Crippen LogP contribution in [0.4, 0.5) is 0 Å². The lowest BCUT2D eigenvalue weighted by molar-refractivity contribution is 0.143. The SMILES string of the molecule is CCNC(=NCC1CCCN(C(C)C)C1)N1CCC(COC)C1. The zero-order valence-electron chi connectivity index (χ0n) is 15.6. The Labute approximate surface area is 142 Å². The summed E-state index contributed by atoms with van der Waals surface area (Å²) in [6, 6.07) is 0.656. The molecular weight excluding hydrogens is 288 g/mol. The van der Waals surface area contributed by atoms with Gasteiger partial charge in [-0.25, -0.2) is 0 Å². The van der Waals surface area contributed by atoms with E-state index < -0.39 is 0 Å². The van der Waals surface area contributed by atoms with Gasteiger partial charge in [0.25, 0.3) is 0 Å². The van der Waals surface area contributed by atoms with Crippen molar-refractivity contribution in [1.29, 1.82) is 0 Å². The molecule has 0 aliphatic carbocycles. The lowest BCUT2D eigenvalue weighted by Gasteiger charge is -2.35. The van der Waals surface area contributed by atoms with Crippen LogP contribution in [0.3, 0.4) is 0 Å². The van der Waals surface area contributed by atoms with Gasteiger partial charge in [-0.05, 0) is 52.5 Å². The number of ether oxygens (including phenoxy) is 1. The van der Waals surface area contributed by atoms with Gasteiger partial charge >= 0.3 is 0 Å². The molecule has 0 aromatic rings. The van der Waals surface area contributed by atoms with Crippen LogP contribution in [0.1, 0.15) is 40.0 Å². The Hall–Kier alpha value is -0.810. The molecule has 5 heteroatoms. The first-order chi connectivity index (χ1) is 11.1. The van der Waals surface area contributed by atoms with Crippen LogP contribution in [-0.4, -0.2) is 74.8 Å². The molecule has 2 fully saturated rings. The predicted octanol–water partition coefficient (Wildman–Crippen LogP) is 2.04. The third-order valence-corrected chi connectivity index (χ3v) is 5.10. The highest BCUT2D eigenvalue weighted by atomic mass is 16.5. The van der Waals surface area contributed by atoms with E-state index in [0.717, 1.165) is 38.7 Å². The normalized spacial score (nSPS) is 27.0. The number of likely N-dealkylation sites (tertiary alicyclic amines) is 2. The number of methoxy groups -OCH3 is 1. The van der Waals surface area contributed by atoms with Crippen molar-refractivity contribution in [2.24, 2.45) is 16.8 Å². The number of nitrogens with zero attached hydrogens (tertiary/aromatic N) is 3. The number of hydrogen-bond acceptors (Lipinski definition) is 3. The summed E-state index contributed by atoms with van der Waals surface area (Å²) in [4.78, 5) is 9.98. The number of rotatable bonds is 6. The van der Waals surface area contributed by atoms with Crippen LogP contribution in [0.2, 0.25) is 0 Å². The molecule has 2 atom stereocenters. The fraction of sp³-hybridized carbons (Fsp3) is 0.944. The maximum absolute atomic E-state index is 5.31. The standard InChI is InChI=1S/C18H36N4O/c1-5-19-18(22-10-8-17(13-22)14-23-4)20-11-16-7-6-9-21(12-16)15(2)3/h15-17H,5-14H2,1-4H3,(H,19,20). The molecule has 0 amide bonds. The van der Waals surface area contributed by atoms with Crippen molar-refractivity contribution in [2.45, 2.75) is 46.1 Å². The maximum atomic E-state index is 5.31. The van der Waals surface area contributed by atoms with E-state index in [2.05, 4.69) is 35.9 Å². The average Bonchev–Trinajstić information content (AvgIpc) is 3.00. The van der Waals surface area contributed by atoms with Gasteiger partial charge in [-0.2, -0.15) is 0 Å². The van der Waals surface area contributed by atoms with E-state index in [1.165, 1.54) is 32.4 Å². The second-order valence-corrected chi connectivity index (χ2v) is 7.35. The molecule has 134 valence electrons. The van der Waals surface area contributed by atoms with Crippen molar-refractivity contribution < 1.29 is 4.74 Å². The lowest BCUT2D eigenvalue weighted by atomic mass is 9.97. The molecule has 1 N–H and O–H groups in total. The molecule has 5 nitrogen and oxygen atoms in total. The monoisotopic (exact) mass is 324 g/mol. The van der Waals surface area contributed by atoms with Crippen molar-refractivity contribution in [3.63, 3.8) is 0 Å². The summed E-state index contributed by atoms with van der Waals surface area (Å²) in [6.07, 6.45) is 3.84. The Bertz CT molecular complexity index is 372. The molecule has 2 rings (SSSR count). The zero-order valence-corrected chi connectivity index (χ0v) is 15.6. The Kier molecular flexibility index (Phi) is 7.63. The van der Waals surface area contributed by atoms with E-state index in [9.17, 15) is 0 Å². The van der Waals surface area contributed by atoms with Crippen LogP contribution in [0.15, 0.2) is 4.99 Å². The summed E-state index contributed by atoms with van der Waals surface area (Å²) in [5.74, 6) is 2.46. The summed E-state index contributed by atoms with van der Waals surface area (Å²) in [7, 11) is 1.80. The van der Waals surface area contributed by atoms with E-state index in [1.54, 1.807) is 7.11 Å². The van der Waals surface area contributed by atoms with Gasteiger partial charge in [-0.15, -0.1) is 0 Å². The number of hydrogen-bond donors (Lipinski definition) is 1. The first-order valence-electron chi connectivity index (χ1n) is 9.40. The molecule has 0 spiro atoms. The maximum Gasteiger partial charge on any atom is 0.193 e. The molecule has 0 aromatic carbocycles. The second-order valence-electron chi connectivity index (χ2n) is 7.35. The molecule has 2 aliphatic heterocycles. The van der Waals surface area contributed by atoms with Gasteiger partial charge in [0, 0.05) is 51.8 Å². The van der Waals surface area contributed by atoms with Crippen LogP contribution < -0.4 is 5.32 Å². The van der Waals surface area contributed by atoms with E-state index in [-0.39, 0.29) is 0 Å². The summed E-state index contributed by atoms with van der Waals surface area (Å²) in [6.45, 7) is 14.1. The number of nitrogens with one attached hydrogen (secondary N) is 1. The lowest BCUT2D eigenvalue weighted by Crippen LogP contribution is -2.43. The van der Waals surface area contributed by atoms with Gasteiger partial charge < -0.3 is 19.9 Å². The van der Waals surface area contributed by atoms with E-state index >= 15 is 0 Å². The van der Waals surface area contributed by atoms with Gasteiger partial charge in [0.2, 0.25) is 0 Å². The van der Waals surface area contributed by atoms with Gasteiger partial charge in [0.15, 0.2) is 5.96 Å². The van der Waals surface area contributed by atoms with Gasteiger partial charge in [-0.1, -0.05) is 0 Å². The second kappa shape index (κ2) is 9.48. The number of piperidine rings is 1. The average molecular weight is 325 g/mol. The van der Waals surface area contributed by atoms with Crippen LogP contribution >= 0.6 is 0 Å². The molecule has 0 bridgehead atoms. The first kappa shape index (κ1) is 18.5. The molecule has 2 unspecified atom stereocenters. The largest absolute Gasteiger partial charge is 0.384 e. The predicted molar refractivity (Wildman–Crippen MR) is 97.0 cm³/mol. The van der Waals surface area contributed by atoms with Crippen molar-refractivity contribution >= 4 is 5.96 Å². The Morgan fingerprint density at radius 3 is 2.74 bits per heavy atom. The minimum atomic E-state index is 0.648. The fourth-order valence-electron chi connectivity index (χ4n) is 3.75. The summed E-state index contributed by atoms with van der Waals surface area (Å²) in [5, 5.41) is 3.48. The Balaban J connectivity index is 1.88. The highest BCUT2D eigenvalue weighted by molar-refractivity contribution is 5.80. The first-order valence-corrected chi connectivity index (χ1v) is 9.40. The number of guanidine groups is 1. The van der Waals surface area contributed by atoms with Crippen molar-refractivity contribution in [3.05, 3.63) is 0 Å². The van der Waals surface area contributed by atoms with Crippen LogP contribution in [-0.2, 0) is 4.74 Å². The van der Waals surface area contributed by atoms with Gasteiger partial charge in [0.1, 0.15) is 0 Å². The van der Waals surface area contributed by atoms with Crippen molar-refractivity contribution in [3.8, 4) is 0 Å². The van der Waals surface area contributed by atoms with Crippen molar-refractivity contribution in [2.75, 3.05) is 53.0 Å². The van der Waals surface area contributed by atoms with Crippen molar-refractivity contribution in [1.82, 2.24) is 15.1 Å². The van der Waals surface area contributed by atoms with E-state index in [1.807, 2.05) is 0 Å². The minimum absolute atomic E-state index is 0.648. The third-order valence-electron chi connectivity index (χ3n) is 5.10. The minimum Gasteiger partial charge on any atom is -0.384 e. The quantitative estimate of drug-likeness (QED) is 0.599. The molecule has 0 radical (unpaired) electrons. The van der Waals surface area contributed by atoms with E-state index in [4.69, 9.17) is 9.73 Å². The molecule has 2 aliphatic rings. The topological polar surface area (TPSA) is 40.1 Å². The summed E-state index contributed by atoms with van der Waals surface area (Å²) < 4.78 is 5.31. The highest BCUT2D eigenvalue weighted by Crippen LogP contribution is 2.20. The third kappa shape index (κ3) is 5.64. The molecule has 0 aromatic heterocycles. The van der Waals surface area contributed by atoms with Crippen LogP contribution in [0, 0.1) is 11.8 Å². The Morgan fingerprint density at radius 2 is 2.04 bits per heavy atom. The van der Waals surface area contributed by atoms with Gasteiger partial charge in [-0.3, -0.25) is 4.99 Å². The number of aliphatic imine (C=N–C) groups is 1. The smallest absolute Gasteiger partial charge is 0.193 e. The zero-order chi connectivity index (χ0) is 16.7. The molecular formula is C18H36N4O. The molecule has 2 saturated heterocycles. The summed E-state index contributed by atoms with van der Waals surface area (Å²) in [5.41, 5.74) is 0. The van der Waals surface area contributed by atoms with E-state index in [0.29, 0.717) is 17.9 Å². The summed E-state index contributed by atoms with van der Waals surface area (Å²) >= 11 is 0. The van der Waals surface area contributed by atoms with Crippen LogP contribution in [0.25, 0.3) is 0 Å².